The number of hydrogen-bond acceptors (Lipinski definition) is 3. The molecule has 3 rings (SSSR count). The molecule has 1 aliphatic carbocycles. The normalized spacial score (nSPS) is 15.1. The van der Waals surface area contributed by atoms with E-state index in [2.05, 4.69) is 44.2 Å². The molecule has 0 radical (unpaired) electrons. The molecule has 0 spiro atoms. The Morgan fingerprint density at radius 3 is 2.37 bits per heavy atom. The van der Waals surface area contributed by atoms with Crippen LogP contribution in [0.25, 0.3) is 16.5 Å². The first kappa shape index (κ1) is 22.4. The summed E-state index contributed by atoms with van der Waals surface area (Å²) in [6, 6.07) is 12.5. The van der Waals surface area contributed by atoms with Gasteiger partial charge in [0, 0.05) is 23.6 Å². The lowest BCUT2D eigenvalue weighted by Crippen LogP contribution is -2.14. The summed E-state index contributed by atoms with van der Waals surface area (Å²) in [6.07, 6.45) is 12.5. The van der Waals surface area contributed by atoms with Crippen molar-refractivity contribution in [3.05, 3.63) is 53.6 Å². The number of unbranched alkanes of at least 4 members (excludes halogenated alkanes) is 7. The first-order chi connectivity index (χ1) is 14.7. The molecule has 0 saturated carbocycles. The molecule has 0 N–H and O–H groups in total. The minimum Gasteiger partial charge on any atom is -0.493 e. The summed E-state index contributed by atoms with van der Waals surface area (Å²) in [6.45, 7) is 5.08. The van der Waals surface area contributed by atoms with Crippen molar-refractivity contribution in [2.24, 2.45) is 0 Å². The van der Waals surface area contributed by atoms with E-state index in [0.29, 0.717) is 13.0 Å². The summed E-state index contributed by atoms with van der Waals surface area (Å²) in [4.78, 5) is 12.4. The average Bonchev–Trinajstić information content (AvgIpc) is 2.76. The molecule has 1 atom stereocenters. The van der Waals surface area contributed by atoms with Crippen LogP contribution in [0.4, 0.5) is 0 Å². The Hall–Kier alpha value is -2.29. The Bertz CT molecular complexity index is 847. The molecule has 0 fully saturated rings. The van der Waals surface area contributed by atoms with Gasteiger partial charge in [-0.3, -0.25) is 4.79 Å². The Balaban J connectivity index is 1.71. The third-order valence-corrected chi connectivity index (χ3v) is 5.81. The largest absolute Gasteiger partial charge is 0.493 e. The van der Waals surface area contributed by atoms with E-state index in [9.17, 15) is 4.79 Å². The SMILES string of the molecule is CCCCCCCCOC1=CC(OC(=O)CCCCC)c2cccc3cccc1c23. The molecule has 30 heavy (non-hydrogen) atoms. The molecule has 3 heteroatoms. The van der Waals surface area contributed by atoms with Crippen LogP contribution in [0.3, 0.4) is 0 Å². The number of esters is 1. The molecule has 0 aliphatic heterocycles. The summed E-state index contributed by atoms with van der Waals surface area (Å²) in [5.74, 6) is 0.718. The van der Waals surface area contributed by atoms with Crippen molar-refractivity contribution in [1.82, 2.24) is 0 Å². The van der Waals surface area contributed by atoms with Crippen molar-refractivity contribution in [3.63, 3.8) is 0 Å². The second kappa shape index (κ2) is 11.8. The second-order valence-corrected chi connectivity index (χ2v) is 8.27. The molecular weight excluding hydrogens is 372 g/mol. The Kier molecular flexibility index (Phi) is 8.80. The molecule has 0 bridgehead atoms. The third-order valence-electron chi connectivity index (χ3n) is 5.81. The summed E-state index contributed by atoms with van der Waals surface area (Å²) in [5.41, 5.74) is 2.16. The lowest BCUT2D eigenvalue weighted by Gasteiger charge is -2.25. The monoisotopic (exact) mass is 408 g/mol. The molecule has 162 valence electrons. The van der Waals surface area contributed by atoms with Crippen LogP contribution in [0.2, 0.25) is 0 Å². The van der Waals surface area contributed by atoms with Crippen LogP contribution in [-0.4, -0.2) is 12.6 Å². The lowest BCUT2D eigenvalue weighted by atomic mass is 9.90. The Morgan fingerprint density at radius 1 is 0.867 bits per heavy atom. The van der Waals surface area contributed by atoms with Gasteiger partial charge in [-0.15, -0.1) is 0 Å². The van der Waals surface area contributed by atoms with E-state index in [1.807, 2.05) is 12.1 Å². The van der Waals surface area contributed by atoms with E-state index in [-0.39, 0.29) is 12.1 Å². The highest BCUT2D eigenvalue weighted by Gasteiger charge is 2.25. The summed E-state index contributed by atoms with van der Waals surface area (Å²) in [7, 11) is 0. The van der Waals surface area contributed by atoms with Crippen LogP contribution in [0.15, 0.2) is 42.5 Å². The molecule has 3 nitrogen and oxygen atoms in total. The maximum atomic E-state index is 12.4. The quantitative estimate of drug-likeness (QED) is 0.251. The van der Waals surface area contributed by atoms with Gasteiger partial charge in [0.05, 0.1) is 6.61 Å². The van der Waals surface area contributed by atoms with Crippen molar-refractivity contribution in [3.8, 4) is 0 Å². The van der Waals surface area contributed by atoms with Crippen molar-refractivity contribution in [2.45, 2.75) is 84.2 Å². The number of benzene rings is 2. The van der Waals surface area contributed by atoms with Gasteiger partial charge in [0.25, 0.3) is 0 Å². The van der Waals surface area contributed by atoms with Crippen molar-refractivity contribution in [2.75, 3.05) is 6.61 Å². The molecule has 0 saturated heterocycles. The zero-order valence-corrected chi connectivity index (χ0v) is 18.6. The van der Waals surface area contributed by atoms with Crippen LogP contribution >= 0.6 is 0 Å². The van der Waals surface area contributed by atoms with Gasteiger partial charge in [-0.2, -0.15) is 0 Å². The van der Waals surface area contributed by atoms with Gasteiger partial charge < -0.3 is 9.47 Å². The highest BCUT2D eigenvalue weighted by molar-refractivity contribution is 5.97. The lowest BCUT2D eigenvalue weighted by molar-refractivity contribution is -0.147. The fraction of sp³-hybridized carbons (Fsp3) is 0.519. The first-order valence-corrected chi connectivity index (χ1v) is 11.8. The van der Waals surface area contributed by atoms with Crippen molar-refractivity contribution in [1.29, 1.82) is 0 Å². The van der Waals surface area contributed by atoms with Gasteiger partial charge >= 0.3 is 5.97 Å². The minimum atomic E-state index is -0.378. The average molecular weight is 409 g/mol. The van der Waals surface area contributed by atoms with Gasteiger partial charge in [0.1, 0.15) is 11.9 Å². The van der Waals surface area contributed by atoms with Crippen LogP contribution in [0.5, 0.6) is 0 Å². The van der Waals surface area contributed by atoms with E-state index in [1.54, 1.807) is 0 Å². The highest BCUT2D eigenvalue weighted by Crippen LogP contribution is 2.39. The Labute approximate surface area is 181 Å². The fourth-order valence-electron chi connectivity index (χ4n) is 4.14. The third kappa shape index (κ3) is 5.87. The van der Waals surface area contributed by atoms with Crippen molar-refractivity contribution < 1.29 is 14.3 Å². The summed E-state index contributed by atoms with van der Waals surface area (Å²) >= 11 is 0. The molecule has 0 aromatic heterocycles. The summed E-state index contributed by atoms with van der Waals surface area (Å²) in [5, 5.41) is 2.30. The maximum Gasteiger partial charge on any atom is 0.306 e. The van der Waals surface area contributed by atoms with Crippen LogP contribution in [0.1, 0.15) is 95.3 Å². The Morgan fingerprint density at radius 2 is 1.57 bits per heavy atom. The summed E-state index contributed by atoms with van der Waals surface area (Å²) < 4.78 is 12.1. The van der Waals surface area contributed by atoms with Crippen molar-refractivity contribution >= 4 is 22.5 Å². The number of rotatable bonds is 13. The highest BCUT2D eigenvalue weighted by atomic mass is 16.5. The van der Waals surface area contributed by atoms with E-state index in [0.717, 1.165) is 53.3 Å². The van der Waals surface area contributed by atoms with Gasteiger partial charge in [-0.1, -0.05) is 95.2 Å². The van der Waals surface area contributed by atoms with Crippen LogP contribution < -0.4 is 0 Å². The predicted octanol–water partition coefficient (Wildman–Crippen LogP) is 7.74. The number of ether oxygens (including phenoxy) is 2. The van der Waals surface area contributed by atoms with E-state index in [4.69, 9.17) is 9.47 Å². The molecule has 0 heterocycles. The predicted molar refractivity (Wildman–Crippen MR) is 124 cm³/mol. The van der Waals surface area contributed by atoms with Gasteiger partial charge in [0.15, 0.2) is 0 Å². The molecule has 2 aromatic rings. The van der Waals surface area contributed by atoms with Gasteiger partial charge in [-0.25, -0.2) is 0 Å². The molecule has 1 aliphatic rings. The standard InChI is InChI=1S/C27H36O3/c1-3-5-7-8-9-11-19-29-24-20-25(30-26(28)18-10-6-4-2)23-17-13-15-21-14-12-16-22(24)27(21)23/h12-17,20,25H,3-11,18-19H2,1-2H3. The van der Waals surface area contributed by atoms with Crippen LogP contribution in [-0.2, 0) is 14.3 Å². The molecule has 0 amide bonds. The molecule has 1 unspecified atom stereocenters. The van der Waals surface area contributed by atoms with Crippen LogP contribution in [0, 0.1) is 0 Å². The minimum absolute atomic E-state index is 0.128. The van der Waals surface area contributed by atoms with E-state index in [1.165, 1.54) is 32.1 Å². The number of carbonyl (C=O) groups is 1. The second-order valence-electron chi connectivity index (χ2n) is 8.27. The van der Waals surface area contributed by atoms with Gasteiger partial charge in [-0.05, 0) is 23.6 Å². The zero-order chi connectivity index (χ0) is 21.2. The zero-order valence-electron chi connectivity index (χ0n) is 18.6. The maximum absolute atomic E-state index is 12.4. The fourth-order valence-corrected chi connectivity index (χ4v) is 4.14. The number of hydrogen-bond donors (Lipinski definition) is 0. The van der Waals surface area contributed by atoms with Gasteiger partial charge in [0.2, 0.25) is 0 Å². The topological polar surface area (TPSA) is 35.5 Å². The molecular formula is C27H36O3. The smallest absolute Gasteiger partial charge is 0.306 e. The van der Waals surface area contributed by atoms with E-state index >= 15 is 0 Å². The molecule has 2 aromatic carbocycles. The first-order valence-electron chi connectivity index (χ1n) is 11.8. The van der Waals surface area contributed by atoms with E-state index < -0.39 is 0 Å². The number of carbonyl (C=O) groups excluding carboxylic acids is 1.